The number of ketones is 1. The number of benzene rings is 1. The first-order valence-corrected chi connectivity index (χ1v) is 8.04. The first-order chi connectivity index (χ1) is 11.2. The van der Waals surface area contributed by atoms with E-state index < -0.39 is 5.97 Å². The minimum atomic E-state index is -0.643. The van der Waals surface area contributed by atoms with Gasteiger partial charge in [0.2, 0.25) is 5.78 Å². The second kappa shape index (κ2) is 7.09. The predicted octanol–water partition coefficient (Wildman–Crippen LogP) is 3.96. The molecule has 0 saturated heterocycles. The number of carbonyl (C=O) groups excluding carboxylic acids is 2. The highest BCUT2D eigenvalue weighted by Crippen LogP contribution is 2.21. The van der Waals surface area contributed by atoms with E-state index in [1.165, 1.54) is 12.1 Å². The summed E-state index contributed by atoms with van der Waals surface area (Å²) in [6.45, 7) is 7.61. The maximum Gasteiger partial charge on any atom is 0.340 e. The molecular weight excluding hydrogens is 328 g/mol. The summed E-state index contributed by atoms with van der Waals surface area (Å²) in [4.78, 5) is 24.5. The summed E-state index contributed by atoms with van der Waals surface area (Å²) in [5.74, 6) is -0.883. The molecule has 128 valence electrons. The maximum atomic E-state index is 12.4. The van der Waals surface area contributed by atoms with E-state index in [-0.39, 0.29) is 29.7 Å². The SMILES string of the molecule is Cc1cc(C(=O)COC(=O)c2ccc(Cl)cc2N)c(C)n1C(C)C. The molecule has 2 rings (SSSR count). The molecule has 5 nitrogen and oxygen atoms in total. The average Bonchev–Trinajstić information content (AvgIpc) is 2.79. The van der Waals surface area contributed by atoms with E-state index >= 15 is 0 Å². The van der Waals surface area contributed by atoms with Gasteiger partial charge in [-0.25, -0.2) is 4.79 Å². The molecule has 2 N–H and O–H groups in total. The number of aryl methyl sites for hydroxylation is 1. The molecule has 1 heterocycles. The Bertz CT molecular complexity index is 794. The van der Waals surface area contributed by atoms with Crippen LogP contribution in [-0.4, -0.2) is 22.9 Å². The van der Waals surface area contributed by atoms with Crippen LogP contribution in [0.15, 0.2) is 24.3 Å². The molecule has 1 aromatic heterocycles. The summed E-state index contributed by atoms with van der Waals surface area (Å²) in [5, 5.41) is 0.432. The lowest BCUT2D eigenvalue weighted by Crippen LogP contribution is -2.16. The van der Waals surface area contributed by atoms with Crippen LogP contribution in [0.1, 0.15) is 52.0 Å². The van der Waals surface area contributed by atoms with E-state index in [1.54, 1.807) is 6.07 Å². The Kier molecular flexibility index (Phi) is 5.34. The van der Waals surface area contributed by atoms with E-state index in [0.717, 1.165) is 11.4 Å². The van der Waals surface area contributed by atoms with Crippen LogP contribution >= 0.6 is 11.6 Å². The van der Waals surface area contributed by atoms with E-state index in [4.69, 9.17) is 22.1 Å². The molecule has 2 aromatic rings. The van der Waals surface area contributed by atoms with Gasteiger partial charge < -0.3 is 15.0 Å². The van der Waals surface area contributed by atoms with Crippen LogP contribution in [0.4, 0.5) is 5.69 Å². The van der Waals surface area contributed by atoms with Crippen molar-refractivity contribution >= 4 is 29.0 Å². The predicted molar refractivity (Wildman–Crippen MR) is 94.8 cm³/mol. The lowest BCUT2D eigenvalue weighted by Gasteiger charge is -2.13. The molecule has 0 aliphatic carbocycles. The van der Waals surface area contributed by atoms with Gasteiger partial charge in [0.05, 0.1) is 5.56 Å². The van der Waals surface area contributed by atoms with Crippen molar-refractivity contribution in [3.05, 3.63) is 51.8 Å². The molecule has 0 radical (unpaired) electrons. The maximum absolute atomic E-state index is 12.4. The van der Waals surface area contributed by atoms with Gasteiger partial charge in [-0.2, -0.15) is 0 Å². The second-order valence-corrected chi connectivity index (χ2v) is 6.42. The van der Waals surface area contributed by atoms with Gasteiger partial charge in [0.1, 0.15) is 0 Å². The Morgan fingerprint density at radius 2 is 1.88 bits per heavy atom. The fourth-order valence-corrected chi connectivity index (χ4v) is 3.04. The summed E-state index contributed by atoms with van der Waals surface area (Å²) < 4.78 is 7.18. The quantitative estimate of drug-likeness (QED) is 0.504. The largest absolute Gasteiger partial charge is 0.454 e. The Balaban J connectivity index is 2.11. The zero-order chi connectivity index (χ0) is 18.0. The van der Waals surface area contributed by atoms with Crippen LogP contribution in [0.5, 0.6) is 0 Å². The third kappa shape index (κ3) is 3.62. The van der Waals surface area contributed by atoms with E-state index in [1.807, 2.05) is 19.9 Å². The number of ether oxygens (including phenoxy) is 1. The molecule has 0 atom stereocenters. The number of nitrogen functional groups attached to an aromatic ring is 1. The van der Waals surface area contributed by atoms with Crippen molar-refractivity contribution in [1.29, 1.82) is 0 Å². The topological polar surface area (TPSA) is 74.3 Å². The fraction of sp³-hybridized carbons (Fsp3) is 0.333. The average molecular weight is 349 g/mol. The van der Waals surface area contributed by atoms with Crippen molar-refractivity contribution in [3.63, 3.8) is 0 Å². The number of anilines is 1. The molecule has 24 heavy (non-hydrogen) atoms. The van der Waals surface area contributed by atoms with E-state index in [0.29, 0.717) is 10.6 Å². The standard InChI is InChI=1S/C18H21ClN2O3/c1-10(2)21-11(3)7-15(12(21)4)17(22)9-24-18(23)14-6-5-13(19)8-16(14)20/h5-8,10H,9,20H2,1-4H3. The number of halogens is 1. The molecule has 0 spiro atoms. The van der Waals surface area contributed by atoms with Crippen LogP contribution in [0.3, 0.4) is 0 Å². The molecule has 1 aromatic carbocycles. The number of Topliss-reactive ketones (excluding diaryl/α,β-unsaturated/α-hetero) is 1. The minimum Gasteiger partial charge on any atom is -0.454 e. The van der Waals surface area contributed by atoms with Crippen molar-refractivity contribution in [2.45, 2.75) is 33.7 Å². The first-order valence-electron chi connectivity index (χ1n) is 7.66. The van der Waals surface area contributed by atoms with Crippen molar-refractivity contribution in [3.8, 4) is 0 Å². The third-order valence-corrected chi connectivity index (χ3v) is 4.10. The van der Waals surface area contributed by atoms with Gasteiger partial charge in [-0.3, -0.25) is 4.79 Å². The van der Waals surface area contributed by atoms with Gasteiger partial charge >= 0.3 is 5.97 Å². The monoisotopic (exact) mass is 348 g/mol. The highest BCUT2D eigenvalue weighted by molar-refractivity contribution is 6.31. The summed E-state index contributed by atoms with van der Waals surface area (Å²) in [6, 6.07) is 6.57. The number of nitrogens with zero attached hydrogens (tertiary/aromatic N) is 1. The summed E-state index contributed by atoms with van der Waals surface area (Å²) >= 11 is 5.80. The number of aromatic nitrogens is 1. The zero-order valence-electron chi connectivity index (χ0n) is 14.2. The van der Waals surface area contributed by atoms with Crippen LogP contribution in [-0.2, 0) is 4.74 Å². The fourth-order valence-electron chi connectivity index (χ4n) is 2.86. The molecule has 6 heteroatoms. The Labute approximate surface area is 146 Å². The zero-order valence-corrected chi connectivity index (χ0v) is 15.0. The van der Waals surface area contributed by atoms with Crippen molar-refractivity contribution in [1.82, 2.24) is 4.57 Å². The number of rotatable bonds is 5. The third-order valence-electron chi connectivity index (χ3n) is 3.87. The number of nitrogens with two attached hydrogens (primary N) is 1. The number of esters is 1. The minimum absolute atomic E-state index is 0.194. The molecule has 0 fully saturated rings. The molecule has 0 unspecified atom stereocenters. The normalized spacial score (nSPS) is 10.9. The lowest BCUT2D eigenvalue weighted by atomic mass is 10.1. The lowest BCUT2D eigenvalue weighted by molar-refractivity contribution is 0.0475. The highest BCUT2D eigenvalue weighted by atomic mass is 35.5. The summed E-state index contributed by atoms with van der Waals surface area (Å²) in [7, 11) is 0. The van der Waals surface area contributed by atoms with Crippen LogP contribution in [0.2, 0.25) is 5.02 Å². The van der Waals surface area contributed by atoms with E-state index in [2.05, 4.69) is 18.4 Å². The van der Waals surface area contributed by atoms with Crippen molar-refractivity contribution in [2.75, 3.05) is 12.3 Å². The van der Waals surface area contributed by atoms with Crippen LogP contribution in [0.25, 0.3) is 0 Å². The molecule has 0 bridgehead atoms. The van der Waals surface area contributed by atoms with Gasteiger partial charge in [0, 0.05) is 33.7 Å². The molecule has 0 amide bonds. The van der Waals surface area contributed by atoms with Crippen LogP contribution < -0.4 is 5.73 Å². The Hall–Kier alpha value is -2.27. The van der Waals surface area contributed by atoms with Crippen LogP contribution in [0, 0.1) is 13.8 Å². The van der Waals surface area contributed by atoms with Gasteiger partial charge in [-0.15, -0.1) is 0 Å². The second-order valence-electron chi connectivity index (χ2n) is 5.98. The Morgan fingerprint density at radius 1 is 1.21 bits per heavy atom. The molecular formula is C18H21ClN2O3. The first kappa shape index (κ1) is 18.1. The summed E-state index contributed by atoms with van der Waals surface area (Å²) in [6.07, 6.45) is 0. The summed E-state index contributed by atoms with van der Waals surface area (Å²) in [5.41, 5.74) is 8.60. The number of carbonyl (C=O) groups is 2. The smallest absolute Gasteiger partial charge is 0.340 e. The van der Waals surface area contributed by atoms with E-state index in [9.17, 15) is 9.59 Å². The Morgan fingerprint density at radius 3 is 2.42 bits per heavy atom. The highest BCUT2D eigenvalue weighted by Gasteiger charge is 2.19. The molecule has 0 aliphatic rings. The van der Waals surface area contributed by atoms with Gasteiger partial charge in [0.25, 0.3) is 0 Å². The number of hydrogen-bond acceptors (Lipinski definition) is 4. The van der Waals surface area contributed by atoms with Gasteiger partial charge in [-0.1, -0.05) is 11.6 Å². The van der Waals surface area contributed by atoms with Gasteiger partial charge in [-0.05, 0) is 52.0 Å². The van der Waals surface area contributed by atoms with Crippen molar-refractivity contribution in [2.24, 2.45) is 0 Å². The molecule has 0 aliphatic heterocycles. The van der Waals surface area contributed by atoms with Crippen molar-refractivity contribution < 1.29 is 14.3 Å². The van der Waals surface area contributed by atoms with Gasteiger partial charge in [0.15, 0.2) is 6.61 Å². The number of hydrogen-bond donors (Lipinski definition) is 1. The molecule has 0 saturated carbocycles.